The number of hydrogen-bond acceptors (Lipinski definition) is 4. The van der Waals surface area contributed by atoms with Gasteiger partial charge in [-0.15, -0.1) is 0 Å². The van der Waals surface area contributed by atoms with Crippen LogP contribution in [0, 0.1) is 0 Å². The molecule has 1 aliphatic heterocycles. The van der Waals surface area contributed by atoms with Gasteiger partial charge in [-0.1, -0.05) is 37.6 Å². The Bertz CT molecular complexity index is 703. The van der Waals surface area contributed by atoms with E-state index >= 15 is 0 Å². The van der Waals surface area contributed by atoms with Crippen LogP contribution in [0.4, 0.5) is 5.82 Å². The quantitative estimate of drug-likeness (QED) is 0.810. The minimum absolute atomic E-state index is 0.0423. The van der Waals surface area contributed by atoms with E-state index in [1.54, 1.807) is 4.68 Å². The Labute approximate surface area is 147 Å². The number of carbonyl (C=O) groups is 1. The molecular weight excluding hydrogens is 318 g/mol. The van der Waals surface area contributed by atoms with E-state index < -0.39 is 6.10 Å². The number of benzene rings is 1. The fourth-order valence-corrected chi connectivity index (χ4v) is 3.05. The fraction of sp³-hybridized carbons (Fsp3) is 0.474. The van der Waals surface area contributed by atoms with Gasteiger partial charge in [0.15, 0.2) is 0 Å². The highest BCUT2D eigenvalue weighted by atomic mass is 16.5. The fourth-order valence-electron chi connectivity index (χ4n) is 3.05. The van der Waals surface area contributed by atoms with Gasteiger partial charge in [-0.25, -0.2) is 4.68 Å². The summed E-state index contributed by atoms with van der Waals surface area (Å²) in [4.78, 5) is 12.3. The van der Waals surface area contributed by atoms with Gasteiger partial charge < -0.3 is 15.2 Å². The number of aryl methyl sites for hydroxylation is 1. The molecular formula is C19H25N3O3. The van der Waals surface area contributed by atoms with Crippen molar-refractivity contribution in [3.63, 3.8) is 0 Å². The summed E-state index contributed by atoms with van der Waals surface area (Å²) >= 11 is 0. The molecule has 1 saturated heterocycles. The largest absolute Gasteiger partial charge is 0.394 e. The van der Waals surface area contributed by atoms with Crippen molar-refractivity contribution in [3.8, 4) is 11.3 Å². The van der Waals surface area contributed by atoms with Crippen molar-refractivity contribution in [3.05, 3.63) is 35.9 Å². The molecule has 0 saturated carbocycles. The number of amides is 1. The molecule has 0 bridgehead atoms. The average Bonchev–Trinajstić information content (AvgIpc) is 3.27. The number of carbonyl (C=O) groups excluding carboxylic acids is 1. The van der Waals surface area contributed by atoms with Gasteiger partial charge in [0.1, 0.15) is 11.9 Å². The summed E-state index contributed by atoms with van der Waals surface area (Å²) < 4.78 is 7.05. The number of aromatic nitrogens is 2. The van der Waals surface area contributed by atoms with E-state index in [2.05, 4.69) is 29.5 Å². The number of rotatable bonds is 7. The number of anilines is 1. The number of ether oxygens (including phenoxy) is 1. The van der Waals surface area contributed by atoms with Crippen LogP contribution in [0.2, 0.25) is 0 Å². The van der Waals surface area contributed by atoms with Crippen molar-refractivity contribution >= 4 is 11.7 Å². The summed E-state index contributed by atoms with van der Waals surface area (Å²) in [7, 11) is 0. The van der Waals surface area contributed by atoms with Crippen LogP contribution in [0.3, 0.4) is 0 Å². The standard InChI is InChI=1S/C19H25N3O3/c1-2-4-14-6-8-15(9-7-14)16-13-18(22(21-16)10-11-23)20-19(24)17-5-3-12-25-17/h6-9,13,17,23H,2-5,10-12H2,1H3,(H,20,24). The van der Waals surface area contributed by atoms with Gasteiger partial charge in [0.05, 0.1) is 18.8 Å². The molecule has 1 aromatic heterocycles. The van der Waals surface area contributed by atoms with Gasteiger partial charge >= 0.3 is 0 Å². The van der Waals surface area contributed by atoms with Gasteiger partial charge in [0.25, 0.3) is 5.91 Å². The number of hydrogen-bond donors (Lipinski definition) is 2. The predicted octanol–water partition coefficient (Wildman–Crippen LogP) is 2.61. The van der Waals surface area contributed by atoms with Gasteiger partial charge in [0.2, 0.25) is 0 Å². The molecule has 6 heteroatoms. The third-order valence-electron chi connectivity index (χ3n) is 4.35. The Morgan fingerprint density at radius 1 is 1.40 bits per heavy atom. The Balaban J connectivity index is 1.79. The normalized spacial score (nSPS) is 17.0. The van der Waals surface area contributed by atoms with E-state index in [0.29, 0.717) is 19.0 Å². The molecule has 1 aromatic carbocycles. The highest BCUT2D eigenvalue weighted by molar-refractivity contribution is 5.94. The van der Waals surface area contributed by atoms with Gasteiger partial charge in [-0.05, 0) is 24.8 Å². The maximum absolute atomic E-state index is 12.3. The van der Waals surface area contributed by atoms with E-state index in [9.17, 15) is 9.90 Å². The van der Waals surface area contributed by atoms with Crippen LogP contribution in [0.5, 0.6) is 0 Å². The third-order valence-corrected chi connectivity index (χ3v) is 4.35. The molecule has 2 heterocycles. The molecule has 1 atom stereocenters. The van der Waals surface area contributed by atoms with Gasteiger partial charge in [-0.2, -0.15) is 5.10 Å². The Hall–Kier alpha value is -2.18. The van der Waals surface area contributed by atoms with Crippen LogP contribution >= 0.6 is 0 Å². The first-order valence-electron chi connectivity index (χ1n) is 8.91. The summed E-state index contributed by atoms with van der Waals surface area (Å²) in [5, 5.41) is 16.7. The first-order chi connectivity index (χ1) is 12.2. The van der Waals surface area contributed by atoms with Crippen LogP contribution < -0.4 is 5.32 Å². The Morgan fingerprint density at radius 2 is 2.20 bits per heavy atom. The maximum atomic E-state index is 12.3. The zero-order chi connectivity index (χ0) is 17.6. The van der Waals surface area contributed by atoms with Crippen molar-refractivity contribution in [1.29, 1.82) is 0 Å². The van der Waals surface area contributed by atoms with E-state index in [1.807, 2.05) is 18.2 Å². The molecule has 1 amide bonds. The van der Waals surface area contributed by atoms with Crippen molar-refractivity contribution in [2.45, 2.75) is 45.3 Å². The Morgan fingerprint density at radius 3 is 2.84 bits per heavy atom. The lowest BCUT2D eigenvalue weighted by Crippen LogP contribution is -2.28. The summed E-state index contributed by atoms with van der Waals surface area (Å²) in [5.74, 6) is 0.434. The molecule has 6 nitrogen and oxygen atoms in total. The van der Waals surface area contributed by atoms with Gasteiger partial charge in [0, 0.05) is 18.2 Å². The molecule has 0 aliphatic carbocycles. The van der Waals surface area contributed by atoms with Crippen LogP contribution in [-0.2, 0) is 22.5 Å². The molecule has 1 aliphatic rings. The molecule has 134 valence electrons. The second-order valence-electron chi connectivity index (χ2n) is 6.30. The summed E-state index contributed by atoms with van der Waals surface area (Å²) in [6.45, 7) is 3.07. The smallest absolute Gasteiger partial charge is 0.254 e. The van der Waals surface area contributed by atoms with E-state index in [0.717, 1.165) is 36.9 Å². The number of nitrogens with one attached hydrogen (secondary N) is 1. The number of aliphatic hydroxyl groups excluding tert-OH is 1. The van der Waals surface area contributed by atoms with Crippen molar-refractivity contribution in [2.24, 2.45) is 0 Å². The first kappa shape index (κ1) is 17.6. The second-order valence-corrected chi connectivity index (χ2v) is 6.30. The minimum Gasteiger partial charge on any atom is -0.394 e. The average molecular weight is 343 g/mol. The first-order valence-corrected chi connectivity index (χ1v) is 8.91. The molecule has 3 rings (SSSR count). The van der Waals surface area contributed by atoms with Gasteiger partial charge in [-0.3, -0.25) is 4.79 Å². The van der Waals surface area contributed by atoms with Crippen LogP contribution in [0.1, 0.15) is 31.7 Å². The monoisotopic (exact) mass is 343 g/mol. The number of nitrogens with zero attached hydrogens (tertiary/aromatic N) is 2. The molecule has 1 unspecified atom stereocenters. The lowest BCUT2D eigenvalue weighted by Gasteiger charge is -2.11. The number of aliphatic hydroxyl groups is 1. The zero-order valence-corrected chi connectivity index (χ0v) is 14.6. The highest BCUT2D eigenvalue weighted by Gasteiger charge is 2.24. The molecule has 25 heavy (non-hydrogen) atoms. The molecule has 0 spiro atoms. The van der Waals surface area contributed by atoms with Crippen molar-refractivity contribution < 1.29 is 14.6 Å². The molecule has 2 aromatic rings. The molecule has 1 fully saturated rings. The lowest BCUT2D eigenvalue weighted by atomic mass is 10.1. The Kier molecular flexibility index (Phi) is 5.83. The van der Waals surface area contributed by atoms with Crippen LogP contribution in [0.25, 0.3) is 11.3 Å². The maximum Gasteiger partial charge on any atom is 0.254 e. The lowest BCUT2D eigenvalue weighted by molar-refractivity contribution is -0.124. The van der Waals surface area contributed by atoms with E-state index in [-0.39, 0.29) is 12.5 Å². The molecule has 0 radical (unpaired) electrons. The van der Waals surface area contributed by atoms with E-state index in [1.165, 1.54) is 5.56 Å². The van der Waals surface area contributed by atoms with Crippen LogP contribution in [-0.4, -0.2) is 40.1 Å². The zero-order valence-electron chi connectivity index (χ0n) is 14.6. The minimum atomic E-state index is -0.394. The summed E-state index contributed by atoms with van der Waals surface area (Å²) in [5.41, 5.74) is 3.07. The second kappa shape index (κ2) is 8.27. The summed E-state index contributed by atoms with van der Waals surface area (Å²) in [6, 6.07) is 10.1. The van der Waals surface area contributed by atoms with Crippen LogP contribution in [0.15, 0.2) is 30.3 Å². The topological polar surface area (TPSA) is 76.4 Å². The third kappa shape index (κ3) is 4.27. The SMILES string of the molecule is CCCc1ccc(-c2cc(NC(=O)C3CCCO3)n(CCO)n2)cc1. The highest BCUT2D eigenvalue weighted by Crippen LogP contribution is 2.24. The summed E-state index contributed by atoms with van der Waals surface area (Å²) in [6.07, 6.45) is 3.43. The van der Waals surface area contributed by atoms with Crippen molar-refractivity contribution in [2.75, 3.05) is 18.5 Å². The van der Waals surface area contributed by atoms with Crippen molar-refractivity contribution in [1.82, 2.24) is 9.78 Å². The molecule has 2 N–H and O–H groups in total. The predicted molar refractivity (Wildman–Crippen MR) is 96.3 cm³/mol. The van der Waals surface area contributed by atoms with E-state index in [4.69, 9.17) is 4.74 Å².